The Kier molecular flexibility index (Phi) is 8.71. The molecule has 0 amide bonds. The van der Waals surface area contributed by atoms with Crippen LogP contribution in [0.2, 0.25) is 19.6 Å². The summed E-state index contributed by atoms with van der Waals surface area (Å²) in [5.74, 6) is 3.53. The average Bonchev–Trinajstić information content (AvgIpc) is 2.88. The molecule has 4 aromatic rings. The Hall–Kier alpha value is -2.82. The molecule has 0 N–H and O–H groups in total. The Morgan fingerprint density at radius 3 is 1.72 bits per heavy atom. The van der Waals surface area contributed by atoms with Crippen LogP contribution in [0.15, 0.2) is 97.1 Å². The van der Waals surface area contributed by atoms with E-state index in [0.717, 1.165) is 27.9 Å². The van der Waals surface area contributed by atoms with Crippen molar-refractivity contribution in [1.29, 1.82) is 0 Å². The van der Waals surface area contributed by atoms with Crippen LogP contribution in [0.5, 0.6) is 28.7 Å². The summed E-state index contributed by atoms with van der Waals surface area (Å²) < 4.78 is 24.1. The van der Waals surface area contributed by atoms with Crippen LogP contribution >= 0.6 is 18.5 Å². The third kappa shape index (κ3) is 6.29. The number of hydrogen-bond acceptors (Lipinski definition) is 4. The predicted octanol–water partition coefficient (Wildman–Crippen LogP) is 7.39. The van der Waals surface area contributed by atoms with E-state index in [-0.39, 0.29) is 6.79 Å². The smallest absolute Gasteiger partial charge is 0.188 e. The fourth-order valence-corrected chi connectivity index (χ4v) is 7.69. The summed E-state index contributed by atoms with van der Waals surface area (Å²) in [6.07, 6.45) is 0. The van der Waals surface area contributed by atoms with E-state index < -0.39 is 15.3 Å². The molecule has 0 heterocycles. The molecule has 7 heteroatoms. The molecule has 36 heavy (non-hydrogen) atoms. The van der Waals surface area contributed by atoms with Gasteiger partial charge in [0.15, 0.2) is 6.79 Å². The van der Waals surface area contributed by atoms with Crippen molar-refractivity contribution in [1.82, 2.24) is 0 Å². The van der Waals surface area contributed by atoms with E-state index in [1.165, 1.54) is 5.19 Å². The number of halogens is 1. The van der Waals surface area contributed by atoms with E-state index in [0.29, 0.717) is 11.5 Å². The molecule has 186 valence electrons. The van der Waals surface area contributed by atoms with Crippen LogP contribution in [0, 0.1) is 0 Å². The van der Waals surface area contributed by atoms with Crippen molar-refractivity contribution in [2.75, 3.05) is 13.9 Å². The zero-order valence-electron chi connectivity index (χ0n) is 20.9. The monoisotopic (exact) mass is 536 g/mol. The van der Waals surface area contributed by atoms with Gasteiger partial charge in [0, 0.05) is 12.4 Å². The summed E-state index contributed by atoms with van der Waals surface area (Å²) in [4.78, 5) is 0. The first-order valence-electron chi connectivity index (χ1n) is 11.7. The van der Waals surface area contributed by atoms with E-state index in [1.807, 2.05) is 84.9 Å². The Labute approximate surface area is 220 Å². The molecule has 0 spiro atoms. The van der Waals surface area contributed by atoms with Crippen molar-refractivity contribution < 1.29 is 18.9 Å². The minimum Gasteiger partial charge on any atom is -0.467 e. The standard InChI is InChI=1S/C29H30ClO4PSi/c1-31-21-32-28-26(19-12-20-27(28)36(2,3)4)35(30)29-24(33-22-13-7-5-8-14-22)17-11-18-25(29)34-23-15-9-6-10-16-23/h5-20H,21H2,1-4H3. The Balaban J connectivity index is 1.86. The highest BCUT2D eigenvalue weighted by Gasteiger charge is 2.30. The number of para-hydroxylation sites is 3. The highest BCUT2D eigenvalue weighted by atomic mass is 35.7. The Morgan fingerprint density at radius 1 is 0.694 bits per heavy atom. The summed E-state index contributed by atoms with van der Waals surface area (Å²) in [6, 6.07) is 31.3. The molecule has 0 bridgehead atoms. The molecular weight excluding hydrogens is 507 g/mol. The van der Waals surface area contributed by atoms with Crippen molar-refractivity contribution in [2.24, 2.45) is 0 Å². The Morgan fingerprint density at radius 2 is 1.22 bits per heavy atom. The van der Waals surface area contributed by atoms with Gasteiger partial charge in [-0.05, 0) is 47.7 Å². The van der Waals surface area contributed by atoms with Gasteiger partial charge in [0.05, 0.1) is 20.7 Å². The number of rotatable bonds is 10. The lowest BCUT2D eigenvalue weighted by atomic mass is 10.3. The van der Waals surface area contributed by atoms with E-state index in [2.05, 4.69) is 31.8 Å². The summed E-state index contributed by atoms with van der Waals surface area (Å²) in [6.45, 7) is 7.01. The molecule has 1 unspecified atom stereocenters. The first-order chi connectivity index (χ1) is 17.4. The number of ether oxygens (including phenoxy) is 4. The molecule has 4 rings (SSSR count). The highest BCUT2D eigenvalue weighted by molar-refractivity contribution is 7.96. The molecule has 0 aliphatic carbocycles. The van der Waals surface area contributed by atoms with Crippen molar-refractivity contribution in [3.63, 3.8) is 0 Å². The van der Waals surface area contributed by atoms with Gasteiger partial charge in [0.2, 0.25) is 0 Å². The Bertz CT molecular complexity index is 1220. The van der Waals surface area contributed by atoms with Crippen molar-refractivity contribution >= 4 is 42.4 Å². The highest BCUT2D eigenvalue weighted by Crippen LogP contribution is 2.48. The minimum absolute atomic E-state index is 0.143. The molecule has 0 saturated heterocycles. The van der Waals surface area contributed by atoms with Crippen molar-refractivity contribution in [3.8, 4) is 28.7 Å². The quantitative estimate of drug-likeness (QED) is 0.120. The van der Waals surface area contributed by atoms with Gasteiger partial charge in [0.1, 0.15) is 28.7 Å². The summed E-state index contributed by atoms with van der Waals surface area (Å²) >= 11 is 7.38. The van der Waals surface area contributed by atoms with Gasteiger partial charge in [-0.3, -0.25) is 0 Å². The number of methoxy groups -OCH3 is 1. The second kappa shape index (κ2) is 11.9. The third-order valence-electron chi connectivity index (χ3n) is 5.44. The number of hydrogen-bond donors (Lipinski definition) is 0. The largest absolute Gasteiger partial charge is 0.467 e. The maximum absolute atomic E-state index is 7.38. The zero-order chi connectivity index (χ0) is 25.5. The van der Waals surface area contributed by atoms with Gasteiger partial charge in [-0.1, -0.05) is 85.5 Å². The summed E-state index contributed by atoms with van der Waals surface area (Å²) in [5.41, 5.74) is 0. The summed E-state index contributed by atoms with van der Waals surface area (Å²) in [7, 11) is -1.57. The molecule has 0 radical (unpaired) electrons. The third-order valence-corrected chi connectivity index (χ3v) is 10.1. The molecular formula is C29H30ClO4PSi. The van der Waals surface area contributed by atoms with Crippen LogP contribution in [-0.2, 0) is 4.74 Å². The zero-order valence-corrected chi connectivity index (χ0v) is 23.6. The predicted molar refractivity (Wildman–Crippen MR) is 153 cm³/mol. The molecule has 1 atom stereocenters. The van der Waals surface area contributed by atoms with Gasteiger partial charge < -0.3 is 18.9 Å². The van der Waals surface area contributed by atoms with Gasteiger partial charge in [0.25, 0.3) is 0 Å². The van der Waals surface area contributed by atoms with Crippen molar-refractivity contribution in [2.45, 2.75) is 19.6 Å². The fraction of sp³-hybridized carbons (Fsp3) is 0.172. The van der Waals surface area contributed by atoms with E-state index in [4.69, 9.17) is 30.2 Å². The molecule has 4 aromatic carbocycles. The van der Waals surface area contributed by atoms with Gasteiger partial charge in [-0.2, -0.15) is 0 Å². The van der Waals surface area contributed by atoms with Gasteiger partial charge in [-0.15, -0.1) is 0 Å². The summed E-state index contributed by atoms with van der Waals surface area (Å²) in [5, 5.41) is 2.89. The SMILES string of the molecule is COCOc1c(P(Cl)c2c(Oc3ccccc3)cccc2Oc2ccccc2)cccc1[Si](C)(C)C. The minimum atomic E-state index is -1.75. The molecule has 0 aliphatic heterocycles. The molecule has 4 nitrogen and oxygen atoms in total. The van der Waals surface area contributed by atoms with Crippen LogP contribution in [0.25, 0.3) is 0 Å². The lowest BCUT2D eigenvalue weighted by Crippen LogP contribution is -2.41. The molecule has 0 aromatic heterocycles. The van der Waals surface area contributed by atoms with Crippen LogP contribution in [0.3, 0.4) is 0 Å². The second-order valence-electron chi connectivity index (χ2n) is 9.17. The first kappa shape index (κ1) is 26.2. The van der Waals surface area contributed by atoms with E-state index in [1.54, 1.807) is 7.11 Å². The lowest BCUT2D eigenvalue weighted by Gasteiger charge is -2.26. The lowest BCUT2D eigenvalue weighted by molar-refractivity contribution is 0.0526. The van der Waals surface area contributed by atoms with E-state index in [9.17, 15) is 0 Å². The molecule has 0 fully saturated rings. The normalized spacial score (nSPS) is 12.1. The van der Waals surface area contributed by atoms with Gasteiger partial charge >= 0.3 is 0 Å². The fourth-order valence-electron chi connectivity index (χ4n) is 3.75. The van der Waals surface area contributed by atoms with Crippen LogP contribution in [-0.4, -0.2) is 22.0 Å². The van der Waals surface area contributed by atoms with Crippen LogP contribution < -0.4 is 30.0 Å². The van der Waals surface area contributed by atoms with Crippen LogP contribution in [0.4, 0.5) is 0 Å². The maximum Gasteiger partial charge on any atom is 0.188 e. The average molecular weight is 537 g/mol. The molecule has 0 saturated carbocycles. The first-order valence-corrected chi connectivity index (χ1v) is 17.4. The maximum atomic E-state index is 7.38. The van der Waals surface area contributed by atoms with Crippen LogP contribution in [0.1, 0.15) is 0 Å². The van der Waals surface area contributed by atoms with Gasteiger partial charge in [-0.25, -0.2) is 0 Å². The molecule has 0 aliphatic rings. The second-order valence-corrected chi connectivity index (χ2v) is 16.7. The topological polar surface area (TPSA) is 36.9 Å². The number of benzene rings is 4. The van der Waals surface area contributed by atoms with E-state index >= 15 is 0 Å². The van der Waals surface area contributed by atoms with Crippen molar-refractivity contribution in [3.05, 3.63) is 97.1 Å².